The summed E-state index contributed by atoms with van der Waals surface area (Å²) in [7, 11) is 0. The minimum absolute atomic E-state index is 0.943. The van der Waals surface area contributed by atoms with Gasteiger partial charge in [-0.25, -0.2) is 14.0 Å². The Morgan fingerprint density at radius 1 is 0.458 bits per heavy atom. The lowest BCUT2D eigenvalue weighted by Gasteiger charge is -2.37. The largest absolute Gasteiger partial charge is 0.240 e. The summed E-state index contributed by atoms with van der Waals surface area (Å²) in [6, 6.07) is 0. The highest BCUT2D eigenvalue weighted by atomic mass is 35.7. The molecular weight excluding hydrogens is 427 g/mol. The molecule has 3 fully saturated rings. The average molecular weight is 452 g/mol. The maximum Gasteiger partial charge on any atom is 0.239 e. The Labute approximate surface area is 159 Å². The van der Waals surface area contributed by atoms with Crippen molar-refractivity contribution in [1.82, 2.24) is 14.0 Å². The third-order valence-corrected chi connectivity index (χ3v) is 19.4. The highest BCUT2D eigenvalue weighted by molar-refractivity contribution is 8.07. The Morgan fingerprint density at radius 2 is 0.667 bits per heavy atom. The van der Waals surface area contributed by atoms with Crippen LogP contribution in [0.5, 0.6) is 0 Å². The molecule has 4 aliphatic heterocycles. The standard InChI is InChI=1S/C12H24Cl3N6P3/c13-22(19-7-1-2-8-19)16-23(14,20-9-3-4-10-20)18-24(15,17-22)21-11-5-6-12-21/h1-12H2. The maximum absolute atomic E-state index is 7.08. The van der Waals surface area contributed by atoms with Gasteiger partial charge in [-0.05, 0) is 72.2 Å². The summed E-state index contributed by atoms with van der Waals surface area (Å²) in [6.07, 6.45) is 6.87. The van der Waals surface area contributed by atoms with Crippen LogP contribution in [0.15, 0.2) is 13.5 Å². The molecule has 4 heterocycles. The van der Waals surface area contributed by atoms with Gasteiger partial charge < -0.3 is 0 Å². The molecule has 0 saturated carbocycles. The second-order valence-electron chi connectivity index (χ2n) is 6.74. The zero-order valence-electron chi connectivity index (χ0n) is 13.6. The van der Waals surface area contributed by atoms with E-state index in [0.29, 0.717) is 0 Å². The summed E-state index contributed by atoms with van der Waals surface area (Å²) in [5, 5.41) is 0. The summed E-state index contributed by atoms with van der Waals surface area (Å²) in [4.78, 5) is 0. The average Bonchev–Trinajstić information content (AvgIpc) is 3.27. The molecule has 0 unspecified atom stereocenters. The molecule has 6 nitrogen and oxygen atoms in total. The van der Waals surface area contributed by atoms with E-state index in [1.54, 1.807) is 0 Å². The molecule has 0 amide bonds. The summed E-state index contributed by atoms with van der Waals surface area (Å²) in [5.74, 6) is 0. The van der Waals surface area contributed by atoms with Crippen molar-refractivity contribution in [3.63, 3.8) is 0 Å². The van der Waals surface area contributed by atoms with Crippen LogP contribution in [0.4, 0.5) is 0 Å². The first-order chi connectivity index (χ1) is 11.4. The van der Waals surface area contributed by atoms with Crippen molar-refractivity contribution < 1.29 is 0 Å². The van der Waals surface area contributed by atoms with Gasteiger partial charge in [0.25, 0.3) is 0 Å². The van der Waals surface area contributed by atoms with E-state index in [-0.39, 0.29) is 0 Å². The van der Waals surface area contributed by atoms with Crippen molar-refractivity contribution in [2.24, 2.45) is 13.5 Å². The molecule has 0 N–H and O–H groups in total. The summed E-state index contributed by atoms with van der Waals surface area (Å²) >= 11 is 21.3. The van der Waals surface area contributed by atoms with Crippen LogP contribution >= 0.6 is 53.8 Å². The van der Waals surface area contributed by atoms with E-state index in [1.165, 1.54) is 0 Å². The fraction of sp³-hybridized carbons (Fsp3) is 1.00. The zero-order valence-corrected chi connectivity index (χ0v) is 18.6. The second kappa shape index (κ2) is 7.12. The number of nitrogens with zero attached hydrogens (tertiary/aromatic N) is 6. The van der Waals surface area contributed by atoms with Crippen LogP contribution in [-0.4, -0.2) is 53.3 Å². The van der Waals surface area contributed by atoms with Crippen LogP contribution in [0.1, 0.15) is 38.5 Å². The van der Waals surface area contributed by atoms with E-state index in [2.05, 4.69) is 14.0 Å². The predicted molar refractivity (Wildman–Crippen MR) is 108 cm³/mol. The maximum atomic E-state index is 7.08. The number of rotatable bonds is 3. The normalized spacial score (nSPS) is 45.1. The van der Waals surface area contributed by atoms with Gasteiger partial charge in [-0.1, -0.05) is 0 Å². The first-order valence-electron chi connectivity index (χ1n) is 8.70. The van der Waals surface area contributed by atoms with Crippen LogP contribution in [0.2, 0.25) is 0 Å². The lowest BCUT2D eigenvalue weighted by molar-refractivity contribution is 0.551. The second-order valence-corrected chi connectivity index (χ2v) is 17.6. The molecule has 0 bridgehead atoms. The van der Waals surface area contributed by atoms with Gasteiger partial charge in [-0.3, -0.25) is 0 Å². The summed E-state index contributed by atoms with van der Waals surface area (Å²) in [5.41, 5.74) is 0. The molecule has 0 aromatic rings. The minimum atomic E-state index is -2.55. The van der Waals surface area contributed by atoms with E-state index < -0.39 is 20.1 Å². The fourth-order valence-electron chi connectivity index (χ4n) is 3.69. The molecule has 0 spiro atoms. The van der Waals surface area contributed by atoms with Gasteiger partial charge >= 0.3 is 0 Å². The topological polar surface area (TPSA) is 46.8 Å². The molecule has 0 radical (unpaired) electrons. The van der Waals surface area contributed by atoms with Crippen molar-refractivity contribution in [3.8, 4) is 0 Å². The molecule has 12 heteroatoms. The number of hydrogen-bond acceptors (Lipinski definition) is 6. The predicted octanol–water partition coefficient (Wildman–Crippen LogP) is 6.84. The highest BCUT2D eigenvalue weighted by Gasteiger charge is 2.44. The van der Waals surface area contributed by atoms with Gasteiger partial charge in [-0.2, -0.15) is 13.5 Å². The van der Waals surface area contributed by atoms with E-state index in [0.717, 1.165) is 77.8 Å². The van der Waals surface area contributed by atoms with Gasteiger partial charge in [0.15, 0.2) is 0 Å². The van der Waals surface area contributed by atoms with Crippen molar-refractivity contribution in [2.75, 3.05) is 39.3 Å². The Kier molecular flexibility index (Phi) is 5.57. The van der Waals surface area contributed by atoms with Crippen LogP contribution in [0.25, 0.3) is 0 Å². The third-order valence-electron chi connectivity index (χ3n) is 5.01. The lowest BCUT2D eigenvalue weighted by atomic mass is 10.4. The van der Waals surface area contributed by atoms with Crippen LogP contribution < -0.4 is 0 Å². The molecule has 0 aromatic carbocycles. The monoisotopic (exact) mass is 450 g/mol. The zero-order chi connectivity index (χ0) is 16.8. The molecule has 138 valence electrons. The first kappa shape index (κ1) is 18.8. The van der Waals surface area contributed by atoms with E-state index in [1.807, 2.05) is 0 Å². The van der Waals surface area contributed by atoms with E-state index in [4.69, 9.17) is 47.3 Å². The molecular formula is C12H24Cl3N6P3. The summed E-state index contributed by atoms with van der Waals surface area (Å²) < 4.78 is 21.6. The van der Waals surface area contributed by atoms with Gasteiger partial charge in [0.1, 0.15) is 0 Å². The quantitative estimate of drug-likeness (QED) is 0.441. The van der Waals surface area contributed by atoms with Crippen LogP contribution in [0.3, 0.4) is 0 Å². The summed E-state index contributed by atoms with van der Waals surface area (Å²) in [6.45, 7) is -1.98. The highest BCUT2D eigenvalue weighted by Crippen LogP contribution is 2.86. The van der Waals surface area contributed by atoms with Crippen molar-refractivity contribution in [2.45, 2.75) is 38.5 Å². The van der Waals surface area contributed by atoms with Crippen LogP contribution in [0, 0.1) is 0 Å². The van der Waals surface area contributed by atoms with Gasteiger partial charge in [0.2, 0.25) is 20.1 Å². The van der Waals surface area contributed by atoms with Gasteiger partial charge in [0.05, 0.1) is 0 Å². The Bertz CT molecular complexity index is 558. The van der Waals surface area contributed by atoms with Gasteiger partial charge in [0, 0.05) is 39.3 Å². The lowest BCUT2D eigenvalue weighted by Crippen LogP contribution is -2.19. The van der Waals surface area contributed by atoms with Crippen LogP contribution in [-0.2, 0) is 0 Å². The van der Waals surface area contributed by atoms with Crippen molar-refractivity contribution in [3.05, 3.63) is 0 Å². The molecule has 4 rings (SSSR count). The third kappa shape index (κ3) is 3.46. The smallest absolute Gasteiger partial charge is 0.239 e. The SMILES string of the molecule is ClP1(N2CCCC2)=NP(Cl)(N2CCCC2)=NP(Cl)(N2CCCC2)=N1. The number of hydrogen-bond donors (Lipinski definition) is 0. The van der Waals surface area contributed by atoms with Crippen molar-refractivity contribution in [1.29, 1.82) is 0 Å². The molecule has 3 saturated heterocycles. The molecule has 0 aliphatic carbocycles. The Hall–Kier alpha value is 1.44. The molecule has 24 heavy (non-hydrogen) atoms. The van der Waals surface area contributed by atoms with Crippen molar-refractivity contribution >= 4 is 53.8 Å². The number of halogens is 3. The van der Waals surface area contributed by atoms with E-state index in [9.17, 15) is 0 Å². The molecule has 0 atom stereocenters. The Balaban J connectivity index is 1.84. The van der Waals surface area contributed by atoms with Gasteiger partial charge in [-0.15, -0.1) is 0 Å². The fourth-order valence-corrected chi connectivity index (χ4v) is 21.0. The minimum Gasteiger partial charge on any atom is -0.240 e. The molecule has 4 aliphatic rings. The van der Waals surface area contributed by atoms with E-state index >= 15 is 0 Å². The molecule has 0 aromatic heterocycles. The Morgan fingerprint density at radius 3 is 0.875 bits per heavy atom. The first-order valence-corrected chi connectivity index (χ1v) is 16.4.